The van der Waals surface area contributed by atoms with Crippen molar-refractivity contribution in [1.29, 1.82) is 0 Å². The van der Waals surface area contributed by atoms with Crippen LogP contribution in [0.2, 0.25) is 0 Å². The summed E-state index contributed by atoms with van der Waals surface area (Å²) in [6.45, 7) is 0. The van der Waals surface area contributed by atoms with Gasteiger partial charge in [0.2, 0.25) is 0 Å². The Balaban J connectivity index is 0.000000250. The monoisotopic (exact) mass is 138 g/mol. The Morgan fingerprint density at radius 1 is 1.50 bits per heavy atom. The van der Waals surface area contributed by atoms with Gasteiger partial charge < -0.3 is 5.11 Å². The van der Waals surface area contributed by atoms with Crippen LogP contribution in [-0.4, -0.2) is 22.7 Å². The van der Waals surface area contributed by atoms with E-state index in [1.54, 1.807) is 11.8 Å². The van der Waals surface area contributed by atoms with Crippen LogP contribution in [0.3, 0.4) is 0 Å². The van der Waals surface area contributed by atoms with Crippen molar-refractivity contribution >= 4 is 11.8 Å². The van der Waals surface area contributed by atoms with Gasteiger partial charge in [-0.2, -0.15) is 11.8 Å². The maximum atomic E-state index is 8.43. The molecule has 3 heteroatoms. The standard InChI is InChI=1S/C3H6OS.Ti/c4-3-1-5-2-3;/h3-4H,1-2H2;. The Hall–Kier alpha value is 1.02. The summed E-state index contributed by atoms with van der Waals surface area (Å²) in [5.41, 5.74) is 0. The zero-order valence-electron chi connectivity index (χ0n) is 3.35. The molecule has 0 spiro atoms. The molecule has 34 valence electrons. The van der Waals surface area contributed by atoms with Crippen molar-refractivity contribution in [3.63, 3.8) is 0 Å². The molecule has 0 bridgehead atoms. The van der Waals surface area contributed by atoms with E-state index >= 15 is 0 Å². The number of hydrogen-bond donors (Lipinski definition) is 1. The number of aliphatic hydroxyl groups excluding tert-OH is 1. The summed E-state index contributed by atoms with van der Waals surface area (Å²) in [5.74, 6) is 1.92. The van der Waals surface area contributed by atoms with Gasteiger partial charge in [0, 0.05) is 33.2 Å². The molecule has 1 saturated heterocycles. The van der Waals surface area contributed by atoms with Gasteiger partial charge in [0.1, 0.15) is 0 Å². The van der Waals surface area contributed by atoms with Crippen molar-refractivity contribution in [1.82, 2.24) is 0 Å². The molecule has 0 aromatic carbocycles. The van der Waals surface area contributed by atoms with Gasteiger partial charge in [-0.25, -0.2) is 0 Å². The van der Waals surface area contributed by atoms with Crippen LogP contribution in [-0.2, 0) is 21.7 Å². The maximum Gasteiger partial charge on any atom is 0.0720 e. The van der Waals surface area contributed by atoms with Gasteiger partial charge in [0.15, 0.2) is 0 Å². The SMILES string of the molecule is OC1CSC1.[Ti]. The molecule has 1 nitrogen and oxygen atoms in total. The van der Waals surface area contributed by atoms with Crippen LogP contribution in [0.15, 0.2) is 0 Å². The summed E-state index contributed by atoms with van der Waals surface area (Å²) in [5, 5.41) is 8.43. The van der Waals surface area contributed by atoms with Crippen molar-refractivity contribution < 1.29 is 26.8 Å². The van der Waals surface area contributed by atoms with E-state index in [9.17, 15) is 0 Å². The molecular formula is C3H6OSTi. The number of aliphatic hydroxyl groups is 1. The van der Waals surface area contributed by atoms with Crippen molar-refractivity contribution in [2.45, 2.75) is 6.10 Å². The molecule has 0 aromatic heterocycles. The summed E-state index contributed by atoms with van der Waals surface area (Å²) >= 11 is 1.80. The third-order valence-corrected chi connectivity index (χ3v) is 1.86. The molecule has 6 heavy (non-hydrogen) atoms. The van der Waals surface area contributed by atoms with E-state index in [4.69, 9.17) is 5.11 Å². The van der Waals surface area contributed by atoms with Gasteiger partial charge >= 0.3 is 0 Å². The van der Waals surface area contributed by atoms with E-state index < -0.39 is 0 Å². The minimum Gasteiger partial charge on any atom is -0.391 e. The second-order valence-electron chi connectivity index (χ2n) is 1.19. The van der Waals surface area contributed by atoms with Crippen molar-refractivity contribution in [3.05, 3.63) is 0 Å². The summed E-state index contributed by atoms with van der Waals surface area (Å²) in [6, 6.07) is 0. The van der Waals surface area contributed by atoms with Gasteiger partial charge in [-0.15, -0.1) is 0 Å². The molecule has 0 aliphatic carbocycles. The summed E-state index contributed by atoms with van der Waals surface area (Å²) in [7, 11) is 0. The average Bonchev–Trinajstić information content (AvgIpc) is 1.30. The number of thioether (sulfide) groups is 1. The molecule has 0 unspecified atom stereocenters. The number of hydrogen-bond acceptors (Lipinski definition) is 2. The summed E-state index contributed by atoms with van der Waals surface area (Å²) < 4.78 is 0. The molecule has 1 heterocycles. The molecule has 0 radical (unpaired) electrons. The second-order valence-corrected chi connectivity index (χ2v) is 2.27. The van der Waals surface area contributed by atoms with Crippen LogP contribution in [0.25, 0.3) is 0 Å². The van der Waals surface area contributed by atoms with Crippen LogP contribution < -0.4 is 0 Å². The largest absolute Gasteiger partial charge is 0.391 e. The van der Waals surface area contributed by atoms with Gasteiger partial charge in [-0.05, 0) is 0 Å². The van der Waals surface area contributed by atoms with E-state index in [1.165, 1.54) is 0 Å². The molecule has 0 amide bonds. The molecule has 1 fully saturated rings. The fourth-order valence-corrected chi connectivity index (χ4v) is 0.670. The maximum absolute atomic E-state index is 8.43. The first-order valence-corrected chi connectivity index (χ1v) is 2.81. The van der Waals surface area contributed by atoms with E-state index in [1.807, 2.05) is 0 Å². The average molecular weight is 138 g/mol. The molecular weight excluding hydrogens is 132 g/mol. The van der Waals surface area contributed by atoms with Crippen LogP contribution >= 0.6 is 11.8 Å². The van der Waals surface area contributed by atoms with E-state index in [0.717, 1.165) is 11.5 Å². The van der Waals surface area contributed by atoms with E-state index in [2.05, 4.69) is 0 Å². The fourth-order valence-electron chi connectivity index (χ4n) is 0.223. The van der Waals surface area contributed by atoms with Gasteiger partial charge in [0.25, 0.3) is 0 Å². The third kappa shape index (κ3) is 1.65. The zero-order valence-corrected chi connectivity index (χ0v) is 5.73. The molecule has 0 aromatic rings. The predicted octanol–water partition coefficient (Wildman–Crippen LogP) is 0.0916. The molecule has 1 N–H and O–H groups in total. The molecule has 1 aliphatic rings. The Morgan fingerprint density at radius 2 is 1.83 bits per heavy atom. The second kappa shape index (κ2) is 3.08. The van der Waals surface area contributed by atoms with E-state index in [-0.39, 0.29) is 27.8 Å². The molecule has 1 aliphatic heterocycles. The quantitative estimate of drug-likeness (QED) is 0.479. The molecule has 0 saturated carbocycles. The third-order valence-electron chi connectivity index (χ3n) is 0.620. The van der Waals surface area contributed by atoms with Gasteiger partial charge in [0.05, 0.1) is 6.10 Å². The van der Waals surface area contributed by atoms with Crippen LogP contribution in [0, 0.1) is 0 Å². The summed E-state index contributed by atoms with van der Waals surface area (Å²) in [6.07, 6.45) is 0.0278. The fraction of sp³-hybridized carbons (Fsp3) is 1.00. The topological polar surface area (TPSA) is 20.2 Å². The number of rotatable bonds is 0. The first-order valence-electron chi connectivity index (χ1n) is 1.65. The van der Waals surface area contributed by atoms with E-state index in [0.29, 0.717) is 0 Å². The first kappa shape index (κ1) is 7.02. The van der Waals surface area contributed by atoms with Gasteiger partial charge in [-0.1, -0.05) is 0 Å². The molecule has 0 atom stereocenters. The predicted molar refractivity (Wildman–Crippen MR) is 23.3 cm³/mol. The summed E-state index contributed by atoms with van der Waals surface area (Å²) in [4.78, 5) is 0. The Labute approximate surface area is 56.4 Å². The van der Waals surface area contributed by atoms with Crippen LogP contribution in [0.1, 0.15) is 0 Å². The van der Waals surface area contributed by atoms with Crippen molar-refractivity contribution in [3.8, 4) is 0 Å². The van der Waals surface area contributed by atoms with Crippen molar-refractivity contribution in [2.24, 2.45) is 0 Å². The zero-order chi connectivity index (χ0) is 3.70. The Bertz CT molecular complexity index is 37.8. The van der Waals surface area contributed by atoms with Gasteiger partial charge in [-0.3, -0.25) is 0 Å². The Morgan fingerprint density at radius 3 is 1.83 bits per heavy atom. The molecule has 1 rings (SSSR count). The van der Waals surface area contributed by atoms with Crippen molar-refractivity contribution in [2.75, 3.05) is 11.5 Å². The Kier molecular flexibility index (Phi) is 3.61. The van der Waals surface area contributed by atoms with Crippen LogP contribution in [0.4, 0.5) is 0 Å². The minimum atomic E-state index is 0. The first-order chi connectivity index (χ1) is 2.39. The van der Waals surface area contributed by atoms with Crippen LogP contribution in [0.5, 0.6) is 0 Å². The minimum absolute atomic E-state index is 0. The normalized spacial score (nSPS) is 21.5. The smallest absolute Gasteiger partial charge is 0.0720 e.